The van der Waals surface area contributed by atoms with Gasteiger partial charge in [0.15, 0.2) is 0 Å². The van der Waals surface area contributed by atoms with Crippen LogP contribution in [0.2, 0.25) is 0 Å². The molecule has 1 unspecified atom stereocenters. The van der Waals surface area contributed by atoms with Gasteiger partial charge in [-0.2, -0.15) is 13.2 Å². The van der Waals surface area contributed by atoms with Crippen LogP contribution < -0.4 is 5.32 Å². The van der Waals surface area contributed by atoms with Crippen molar-refractivity contribution in [2.45, 2.75) is 56.0 Å². The zero-order valence-corrected chi connectivity index (χ0v) is 18.5. The van der Waals surface area contributed by atoms with Crippen LogP contribution >= 0.6 is 0 Å². The summed E-state index contributed by atoms with van der Waals surface area (Å²) in [6.07, 6.45) is 1.79. The molecule has 1 saturated heterocycles. The number of aliphatic hydroxyl groups is 1. The standard InChI is InChI=1S/C25H26F4N4O/c26-17-2-4-21-20(14-17)19(6-11-30-21)16-7-12-33(13-8-16)24(9-1-10-24)23(34)32-18-3-5-22(31-15-18)25(27,28)29/h2-6,11,14-16,23,32,34H,1,7-10,12-13H2. The number of aliphatic hydroxyl groups excluding tert-OH is 1. The predicted molar refractivity (Wildman–Crippen MR) is 121 cm³/mol. The highest BCUT2D eigenvalue weighted by Crippen LogP contribution is 2.44. The lowest BCUT2D eigenvalue weighted by Gasteiger charge is -2.55. The van der Waals surface area contributed by atoms with Crippen molar-refractivity contribution >= 4 is 16.6 Å². The number of pyridine rings is 2. The highest BCUT2D eigenvalue weighted by Gasteiger charge is 2.49. The van der Waals surface area contributed by atoms with Crippen LogP contribution in [-0.2, 0) is 6.18 Å². The molecule has 0 radical (unpaired) electrons. The summed E-state index contributed by atoms with van der Waals surface area (Å²) in [6.45, 7) is 1.54. The van der Waals surface area contributed by atoms with E-state index >= 15 is 0 Å². The van der Waals surface area contributed by atoms with Crippen molar-refractivity contribution in [3.8, 4) is 0 Å². The van der Waals surface area contributed by atoms with Crippen molar-refractivity contribution in [3.05, 3.63) is 65.9 Å². The first-order chi connectivity index (χ1) is 16.3. The number of benzene rings is 1. The molecule has 2 aliphatic rings. The molecule has 2 aromatic heterocycles. The van der Waals surface area contributed by atoms with Gasteiger partial charge in [0.25, 0.3) is 0 Å². The number of halogens is 4. The minimum atomic E-state index is -4.50. The topological polar surface area (TPSA) is 61.3 Å². The molecule has 1 saturated carbocycles. The molecule has 1 aromatic carbocycles. The molecule has 1 aliphatic heterocycles. The molecule has 2 fully saturated rings. The quantitative estimate of drug-likeness (QED) is 0.387. The van der Waals surface area contributed by atoms with Crippen molar-refractivity contribution in [2.75, 3.05) is 18.4 Å². The summed E-state index contributed by atoms with van der Waals surface area (Å²) in [5, 5.41) is 14.9. The van der Waals surface area contributed by atoms with Crippen molar-refractivity contribution in [1.82, 2.24) is 14.9 Å². The maximum absolute atomic E-state index is 13.9. The van der Waals surface area contributed by atoms with E-state index in [1.54, 1.807) is 18.3 Å². The molecule has 3 heterocycles. The Balaban J connectivity index is 1.28. The van der Waals surface area contributed by atoms with E-state index < -0.39 is 23.6 Å². The molecule has 5 rings (SSSR count). The first-order valence-electron chi connectivity index (χ1n) is 11.5. The molecular formula is C25H26F4N4O. The number of hydrogen-bond acceptors (Lipinski definition) is 5. The van der Waals surface area contributed by atoms with Gasteiger partial charge >= 0.3 is 6.18 Å². The van der Waals surface area contributed by atoms with Gasteiger partial charge in [-0.25, -0.2) is 9.37 Å². The third-order valence-electron chi connectivity index (χ3n) is 7.39. The lowest BCUT2D eigenvalue weighted by molar-refractivity contribution is -0.141. The van der Waals surface area contributed by atoms with Crippen LogP contribution in [0.5, 0.6) is 0 Å². The van der Waals surface area contributed by atoms with Crippen LogP contribution in [0.1, 0.15) is 49.3 Å². The van der Waals surface area contributed by atoms with Crippen molar-refractivity contribution in [1.29, 1.82) is 0 Å². The van der Waals surface area contributed by atoms with Crippen LogP contribution in [0.3, 0.4) is 0 Å². The van der Waals surface area contributed by atoms with Gasteiger partial charge in [-0.3, -0.25) is 9.88 Å². The van der Waals surface area contributed by atoms with E-state index in [1.165, 1.54) is 12.1 Å². The van der Waals surface area contributed by atoms with Gasteiger partial charge in [0.05, 0.1) is 22.9 Å². The average molecular weight is 475 g/mol. The second kappa shape index (κ2) is 8.78. The molecule has 0 bridgehead atoms. The van der Waals surface area contributed by atoms with Gasteiger partial charge in [-0.1, -0.05) is 0 Å². The van der Waals surface area contributed by atoms with Crippen molar-refractivity contribution in [2.24, 2.45) is 0 Å². The first kappa shape index (κ1) is 23.0. The number of fused-ring (bicyclic) bond motifs is 1. The molecular weight excluding hydrogens is 448 g/mol. The third kappa shape index (κ3) is 4.22. The third-order valence-corrected chi connectivity index (χ3v) is 7.39. The van der Waals surface area contributed by atoms with E-state index in [1.807, 2.05) is 6.07 Å². The second-order valence-corrected chi connectivity index (χ2v) is 9.26. The minimum Gasteiger partial charge on any atom is -0.372 e. The highest BCUT2D eigenvalue weighted by atomic mass is 19.4. The monoisotopic (exact) mass is 474 g/mol. The Morgan fingerprint density at radius 1 is 1.06 bits per heavy atom. The fourth-order valence-corrected chi connectivity index (χ4v) is 5.37. The Hall–Kier alpha value is -2.78. The van der Waals surface area contributed by atoms with Gasteiger partial charge in [-0.15, -0.1) is 0 Å². The Morgan fingerprint density at radius 3 is 2.44 bits per heavy atom. The maximum Gasteiger partial charge on any atom is 0.433 e. The van der Waals surface area contributed by atoms with Crippen LogP contribution in [0.25, 0.3) is 10.9 Å². The summed E-state index contributed by atoms with van der Waals surface area (Å²) in [5.74, 6) is -0.00977. The molecule has 9 heteroatoms. The number of piperidine rings is 1. The lowest BCUT2D eigenvalue weighted by Crippen LogP contribution is -2.64. The summed E-state index contributed by atoms with van der Waals surface area (Å²) in [6, 6.07) is 8.84. The van der Waals surface area contributed by atoms with Crippen molar-refractivity contribution in [3.63, 3.8) is 0 Å². The summed E-state index contributed by atoms with van der Waals surface area (Å²) in [7, 11) is 0. The molecule has 5 nitrogen and oxygen atoms in total. The fourth-order valence-electron chi connectivity index (χ4n) is 5.37. The highest BCUT2D eigenvalue weighted by molar-refractivity contribution is 5.82. The normalized spacial score (nSPS) is 20.1. The second-order valence-electron chi connectivity index (χ2n) is 9.26. The zero-order chi connectivity index (χ0) is 23.9. The van der Waals surface area contributed by atoms with Crippen molar-refractivity contribution < 1.29 is 22.7 Å². The van der Waals surface area contributed by atoms with E-state index in [0.29, 0.717) is 5.69 Å². The van der Waals surface area contributed by atoms with E-state index in [4.69, 9.17) is 0 Å². The predicted octanol–water partition coefficient (Wildman–Crippen LogP) is 5.32. The molecule has 1 atom stereocenters. The maximum atomic E-state index is 13.9. The van der Waals surface area contributed by atoms with Gasteiger partial charge in [0.2, 0.25) is 0 Å². The summed E-state index contributed by atoms with van der Waals surface area (Å²) < 4.78 is 52.2. The van der Waals surface area contributed by atoms with Gasteiger partial charge < -0.3 is 10.4 Å². The molecule has 180 valence electrons. The number of aromatic nitrogens is 2. The summed E-state index contributed by atoms with van der Waals surface area (Å²) in [4.78, 5) is 10.1. The van der Waals surface area contributed by atoms with Crippen LogP contribution in [0, 0.1) is 5.82 Å². The van der Waals surface area contributed by atoms with Gasteiger partial charge in [0, 0.05) is 11.6 Å². The fraction of sp³-hybridized carbons (Fsp3) is 0.440. The molecule has 1 aliphatic carbocycles. The lowest BCUT2D eigenvalue weighted by atomic mass is 9.72. The average Bonchev–Trinajstić information content (AvgIpc) is 2.78. The first-order valence-corrected chi connectivity index (χ1v) is 11.5. The summed E-state index contributed by atoms with van der Waals surface area (Å²) >= 11 is 0. The van der Waals surface area contributed by atoms with Crippen LogP contribution in [0.15, 0.2) is 48.8 Å². The van der Waals surface area contributed by atoms with E-state index in [0.717, 1.165) is 73.9 Å². The molecule has 0 amide bonds. The molecule has 2 N–H and O–H groups in total. The van der Waals surface area contributed by atoms with Gasteiger partial charge in [-0.05, 0) is 93.1 Å². The Kier molecular flexibility index (Phi) is 5.93. The smallest absolute Gasteiger partial charge is 0.372 e. The number of alkyl halides is 3. The number of rotatable bonds is 5. The van der Waals surface area contributed by atoms with E-state index in [9.17, 15) is 22.7 Å². The minimum absolute atomic E-state index is 0.268. The zero-order valence-electron chi connectivity index (χ0n) is 18.5. The van der Waals surface area contributed by atoms with Crippen LogP contribution in [-0.4, -0.2) is 44.8 Å². The number of nitrogens with one attached hydrogen (secondary N) is 1. The Bertz CT molecular complexity index is 1160. The van der Waals surface area contributed by atoms with E-state index in [-0.39, 0.29) is 11.7 Å². The largest absolute Gasteiger partial charge is 0.433 e. The number of anilines is 1. The summed E-state index contributed by atoms with van der Waals surface area (Å²) in [5.41, 5.74) is 0.811. The number of nitrogens with zero attached hydrogens (tertiary/aromatic N) is 3. The molecule has 34 heavy (non-hydrogen) atoms. The number of likely N-dealkylation sites (tertiary alicyclic amines) is 1. The molecule has 3 aromatic rings. The van der Waals surface area contributed by atoms with Crippen LogP contribution in [0.4, 0.5) is 23.2 Å². The Labute approximate surface area is 194 Å². The van der Waals surface area contributed by atoms with Gasteiger partial charge in [0.1, 0.15) is 17.7 Å². The Morgan fingerprint density at radius 2 is 1.82 bits per heavy atom. The van der Waals surface area contributed by atoms with E-state index in [2.05, 4.69) is 20.2 Å². The molecule has 0 spiro atoms. The number of hydrogen-bond donors (Lipinski definition) is 2. The SMILES string of the molecule is OC(Nc1ccc(C(F)(F)F)nc1)C1(N2CCC(c3ccnc4ccc(F)cc34)CC2)CCC1.